The normalized spacial score (nSPS) is 20.6. The molecule has 1 aromatic rings. The highest BCUT2D eigenvalue weighted by molar-refractivity contribution is 5.61. The summed E-state index contributed by atoms with van der Waals surface area (Å²) >= 11 is 0. The van der Waals surface area contributed by atoms with E-state index in [2.05, 4.69) is 11.0 Å². The fraction of sp³-hybridized carbons (Fsp3) is 0.462. The smallest absolute Gasteiger partial charge is 0.101 e. The lowest BCUT2D eigenvalue weighted by molar-refractivity contribution is 0.154. The first-order chi connectivity index (χ1) is 7.70. The minimum Gasteiger partial charge on any atom is -0.391 e. The van der Waals surface area contributed by atoms with Crippen LogP contribution >= 0.6 is 0 Å². The van der Waals surface area contributed by atoms with Crippen LogP contribution in [0, 0.1) is 18.3 Å². The van der Waals surface area contributed by atoms with E-state index >= 15 is 0 Å². The standard InChI is InChI=1S/C13H16N2O/c1-10-4-5-11(8-14)13(7-10)15-6-2-3-12(16)9-15/h4-5,7,12,16H,2-3,6,9H2,1H3. The Morgan fingerprint density at radius 1 is 1.50 bits per heavy atom. The Labute approximate surface area is 95.9 Å². The Morgan fingerprint density at radius 3 is 3.00 bits per heavy atom. The summed E-state index contributed by atoms with van der Waals surface area (Å²) < 4.78 is 0. The summed E-state index contributed by atoms with van der Waals surface area (Å²) in [4.78, 5) is 2.11. The van der Waals surface area contributed by atoms with Crippen molar-refractivity contribution in [2.45, 2.75) is 25.9 Å². The zero-order valence-corrected chi connectivity index (χ0v) is 9.48. The van der Waals surface area contributed by atoms with Gasteiger partial charge in [-0.1, -0.05) is 6.07 Å². The third-order valence-electron chi connectivity index (χ3n) is 3.01. The minimum atomic E-state index is -0.263. The zero-order chi connectivity index (χ0) is 11.5. The molecule has 1 saturated heterocycles. The van der Waals surface area contributed by atoms with Crippen LogP contribution in [0.4, 0.5) is 5.69 Å². The second kappa shape index (κ2) is 4.54. The fourth-order valence-corrected chi connectivity index (χ4v) is 2.17. The molecule has 1 N–H and O–H groups in total. The molecule has 1 aliphatic rings. The summed E-state index contributed by atoms with van der Waals surface area (Å²) in [6.07, 6.45) is 1.59. The molecule has 0 saturated carbocycles. The molecule has 1 atom stereocenters. The molecule has 1 aromatic carbocycles. The highest BCUT2D eigenvalue weighted by Gasteiger charge is 2.19. The van der Waals surface area contributed by atoms with Crippen molar-refractivity contribution in [3.63, 3.8) is 0 Å². The number of rotatable bonds is 1. The molecular formula is C13H16N2O. The number of piperidine rings is 1. The second-order valence-corrected chi connectivity index (χ2v) is 4.37. The maximum Gasteiger partial charge on any atom is 0.101 e. The summed E-state index contributed by atoms with van der Waals surface area (Å²) in [6.45, 7) is 3.58. The van der Waals surface area contributed by atoms with Crippen molar-refractivity contribution in [3.8, 4) is 6.07 Å². The molecule has 0 bridgehead atoms. The molecule has 0 amide bonds. The molecule has 3 nitrogen and oxygen atoms in total. The van der Waals surface area contributed by atoms with Crippen LogP contribution < -0.4 is 4.90 Å². The van der Waals surface area contributed by atoms with E-state index in [9.17, 15) is 5.11 Å². The van der Waals surface area contributed by atoms with Crippen molar-refractivity contribution in [2.24, 2.45) is 0 Å². The van der Waals surface area contributed by atoms with Gasteiger partial charge in [0.25, 0.3) is 0 Å². The van der Waals surface area contributed by atoms with Crippen LogP contribution in [0.1, 0.15) is 24.0 Å². The van der Waals surface area contributed by atoms with Gasteiger partial charge in [-0.2, -0.15) is 5.26 Å². The van der Waals surface area contributed by atoms with Gasteiger partial charge in [0.1, 0.15) is 6.07 Å². The first-order valence-electron chi connectivity index (χ1n) is 5.64. The number of hydrogen-bond donors (Lipinski definition) is 1. The van der Waals surface area contributed by atoms with Crippen molar-refractivity contribution in [2.75, 3.05) is 18.0 Å². The second-order valence-electron chi connectivity index (χ2n) is 4.37. The SMILES string of the molecule is Cc1ccc(C#N)c(N2CCCC(O)C2)c1. The molecule has 1 fully saturated rings. The molecule has 0 radical (unpaired) electrons. The molecule has 84 valence electrons. The van der Waals surface area contributed by atoms with E-state index in [4.69, 9.17) is 5.26 Å². The average Bonchev–Trinajstić information content (AvgIpc) is 2.29. The van der Waals surface area contributed by atoms with Crippen molar-refractivity contribution in [1.82, 2.24) is 0 Å². The van der Waals surface area contributed by atoms with E-state index in [1.807, 2.05) is 25.1 Å². The van der Waals surface area contributed by atoms with Gasteiger partial charge in [-0.25, -0.2) is 0 Å². The molecule has 1 aliphatic heterocycles. The van der Waals surface area contributed by atoms with Gasteiger partial charge in [-0.05, 0) is 37.5 Å². The third kappa shape index (κ3) is 2.17. The molecule has 0 aliphatic carbocycles. The molecule has 2 rings (SSSR count). The number of hydrogen-bond acceptors (Lipinski definition) is 3. The summed E-state index contributed by atoms with van der Waals surface area (Å²) in [7, 11) is 0. The van der Waals surface area contributed by atoms with E-state index < -0.39 is 0 Å². The number of benzene rings is 1. The largest absolute Gasteiger partial charge is 0.391 e. The van der Waals surface area contributed by atoms with Gasteiger partial charge in [-0.15, -0.1) is 0 Å². The number of aliphatic hydroxyl groups excluding tert-OH is 1. The van der Waals surface area contributed by atoms with Crippen LogP contribution in [0.25, 0.3) is 0 Å². The number of β-amino-alcohol motifs (C(OH)–C–C–N with tert-alkyl or cyclic N) is 1. The van der Waals surface area contributed by atoms with Crippen LogP contribution in [0.5, 0.6) is 0 Å². The van der Waals surface area contributed by atoms with Crippen molar-refractivity contribution in [3.05, 3.63) is 29.3 Å². The number of aliphatic hydroxyl groups is 1. The van der Waals surface area contributed by atoms with E-state index in [0.29, 0.717) is 12.1 Å². The molecular weight excluding hydrogens is 200 g/mol. The van der Waals surface area contributed by atoms with E-state index in [1.54, 1.807) is 0 Å². The van der Waals surface area contributed by atoms with E-state index in [-0.39, 0.29) is 6.10 Å². The Balaban J connectivity index is 2.31. The summed E-state index contributed by atoms with van der Waals surface area (Å²) in [6, 6.07) is 8.04. The van der Waals surface area contributed by atoms with Gasteiger partial charge in [0.15, 0.2) is 0 Å². The van der Waals surface area contributed by atoms with Crippen LogP contribution in [-0.4, -0.2) is 24.3 Å². The van der Waals surface area contributed by atoms with Crippen LogP contribution in [0.3, 0.4) is 0 Å². The molecule has 0 aromatic heterocycles. The Bertz CT molecular complexity index is 422. The van der Waals surface area contributed by atoms with Gasteiger partial charge in [0.05, 0.1) is 17.4 Å². The van der Waals surface area contributed by atoms with Gasteiger partial charge in [0.2, 0.25) is 0 Å². The number of aryl methyl sites for hydroxylation is 1. The predicted octanol–water partition coefficient (Wildman–Crippen LogP) is 1.83. The molecule has 1 unspecified atom stereocenters. The number of nitriles is 1. The lowest BCUT2D eigenvalue weighted by Gasteiger charge is -2.32. The highest BCUT2D eigenvalue weighted by Crippen LogP contribution is 2.25. The molecule has 16 heavy (non-hydrogen) atoms. The monoisotopic (exact) mass is 216 g/mol. The summed E-state index contributed by atoms with van der Waals surface area (Å²) in [5.74, 6) is 0. The summed E-state index contributed by atoms with van der Waals surface area (Å²) in [5, 5.41) is 18.7. The van der Waals surface area contributed by atoms with Gasteiger partial charge in [0, 0.05) is 13.1 Å². The van der Waals surface area contributed by atoms with Gasteiger partial charge >= 0.3 is 0 Å². The first kappa shape index (κ1) is 11.0. The Hall–Kier alpha value is -1.53. The quantitative estimate of drug-likeness (QED) is 0.779. The number of nitrogens with zero attached hydrogens (tertiary/aromatic N) is 2. The third-order valence-corrected chi connectivity index (χ3v) is 3.01. The molecule has 3 heteroatoms. The topological polar surface area (TPSA) is 47.3 Å². The van der Waals surface area contributed by atoms with Crippen LogP contribution in [-0.2, 0) is 0 Å². The first-order valence-corrected chi connectivity index (χ1v) is 5.64. The maximum atomic E-state index is 9.65. The molecule has 0 spiro atoms. The van der Waals surface area contributed by atoms with Crippen LogP contribution in [0.2, 0.25) is 0 Å². The fourth-order valence-electron chi connectivity index (χ4n) is 2.17. The van der Waals surface area contributed by atoms with Gasteiger partial charge in [-0.3, -0.25) is 0 Å². The highest BCUT2D eigenvalue weighted by atomic mass is 16.3. The average molecular weight is 216 g/mol. The zero-order valence-electron chi connectivity index (χ0n) is 9.48. The number of anilines is 1. The lowest BCUT2D eigenvalue weighted by Crippen LogP contribution is -2.38. The Kier molecular flexibility index (Phi) is 3.12. The molecule has 1 heterocycles. The maximum absolute atomic E-state index is 9.65. The van der Waals surface area contributed by atoms with Crippen LogP contribution in [0.15, 0.2) is 18.2 Å². The minimum absolute atomic E-state index is 0.263. The van der Waals surface area contributed by atoms with Crippen molar-refractivity contribution in [1.29, 1.82) is 5.26 Å². The van der Waals surface area contributed by atoms with E-state index in [1.165, 1.54) is 0 Å². The Morgan fingerprint density at radius 2 is 2.31 bits per heavy atom. The predicted molar refractivity (Wildman–Crippen MR) is 63.3 cm³/mol. The van der Waals surface area contributed by atoms with Gasteiger partial charge < -0.3 is 10.0 Å². The van der Waals surface area contributed by atoms with Crippen molar-refractivity contribution >= 4 is 5.69 Å². The van der Waals surface area contributed by atoms with E-state index in [0.717, 1.165) is 30.6 Å². The van der Waals surface area contributed by atoms with Crippen molar-refractivity contribution < 1.29 is 5.11 Å². The lowest BCUT2D eigenvalue weighted by atomic mass is 10.0. The summed E-state index contributed by atoms with van der Waals surface area (Å²) in [5.41, 5.74) is 2.80.